The summed E-state index contributed by atoms with van der Waals surface area (Å²) in [6, 6.07) is 0.0108. The van der Waals surface area contributed by atoms with Crippen molar-refractivity contribution in [2.45, 2.75) is 51.5 Å². The van der Waals surface area contributed by atoms with Gasteiger partial charge in [0.05, 0.1) is 11.5 Å². The van der Waals surface area contributed by atoms with Gasteiger partial charge in [-0.05, 0) is 50.0 Å². The van der Waals surface area contributed by atoms with E-state index in [1.165, 1.54) is 10.4 Å². The molecule has 0 aliphatic heterocycles. The lowest BCUT2D eigenvalue weighted by atomic mass is 9.88. The molecule has 1 aromatic heterocycles. The van der Waals surface area contributed by atoms with Gasteiger partial charge in [-0.2, -0.15) is 0 Å². The molecule has 3 atom stereocenters. The number of amides is 1. The van der Waals surface area contributed by atoms with Gasteiger partial charge in [0.25, 0.3) is 5.91 Å². The molecule has 1 aromatic rings. The highest BCUT2D eigenvalue weighted by atomic mass is 32.1. The Hall–Kier alpha value is -1.36. The summed E-state index contributed by atoms with van der Waals surface area (Å²) in [5, 5.41) is 14.0. The van der Waals surface area contributed by atoms with Crippen LogP contribution in [0.1, 0.15) is 53.4 Å². The van der Waals surface area contributed by atoms with Crippen LogP contribution in [-0.4, -0.2) is 23.0 Å². The molecule has 0 saturated heterocycles. The summed E-state index contributed by atoms with van der Waals surface area (Å²) in [6.07, 6.45) is 5.22. The molecular formula is C16H21NO3S. The van der Waals surface area contributed by atoms with Crippen LogP contribution in [-0.2, 0) is 17.6 Å². The van der Waals surface area contributed by atoms with Crippen molar-refractivity contribution in [1.29, 1.82) is 0 Å². The van der Waals surface area contributed by atoms with Gasteiger partial charge in [0.1, 0.15) is 0 Å². The molecule has 5 heteroatoms. The standard InChI is InChI=1S/C16H21NO3S/c1-9-2-5-12-13(8-21-14(12)6-9)15(18)17-11-4-3-10(7-11)16(19)20/h8-11H,2-7H2,1H3,(H,17,18)(H,19,20). The Kier molecular flexibility index (Phi) is 4.02. The average molecular weight is 307 g/mol. The first-order valence-corrected chi connectivity index (χ1v) is 8.55. The maximum Gasteiger partial charge on any atom is 0.306 e. The van der Waals surface area contributed by atoms with Gasteiger partial charge in [-0.15, -0.1) is 11.3 Å². The van der Waals surface area contributed by atoms with Gasteiger partial charge in [-0.1, -0.05) is 6.92 Å². The van der Waals surface area contributed by atoms with Gasteiger partial charge in [-0.25, -0.2) is 0 Å². The number of carboxylic acid groups (broad SMARTS) is 1. The summed E-state index contributed by atoms with van der Waals surface area (Å²) in [4.78, 5) is 24.8. The molecular weight excluding hydrogens is 286 g/mol. The first kappa shape index (κ1) is 14.6. The predicted molar refractivity (Wildman–Crippen MR) is 81.7 cm³/mol. The Balaban J connectivity index is 1.66. The molecule has 1 heterocycles. The Bertz CT molecular complexity index is 566. The predicted octanol–water partition coefficient (Wildman–Crippen LogP) is 2.86. The van der Waals surface area contributed by atoms with Crippen LogP contribution in [0.2, 0.25) is 0 Å². The van der Waals surface area contributed by atoms with Crippen LogP contribution in [0.5, 0.6) is 0 Å². The minimum Gasteiger partial charge on any atom is -0.481 e. The van der Waals surface area contributed by atoms with E-state index >= 15 is 0 Å². The second-order valence-corrected chi connectivity index (χ2v) is 7.38. The topological polar surface area (TPSA) is 66.4 Å². The number of carbonyl (C=O) groups is 2. The third kappa shape index (κ3) is 2.98. The van der Waals surface area contributed by atoms with Crippen LogP contribution in [0.3, 0.4) is 0 Å². The van der Waals surface area contributed by atoms with Gasteiger partial charge in [0.2, 0.25) is 0 Å². The van der Waals surface area contributed by atoms with Crippen molar-refractivity contribution in [2.24, 2.45) is 11.8 Å². The summed E-state index contributed by atoms with van der Waals surface area (Å²) in [5.74, 6) is -0.350. The molecule has 2 aliphatic rings. The van der Waals surface area contributed by atoms with E-state index in [2.05, 4.69) is 12.2 Å². The Labute approximate surface area is 128 Å². The van der Waals surface area contributed by atoms with Crippen LogP contribution in [0, 0.1) is 11.8 Å². The minimum atomic E-state index is -0.742. The maximum absolute atomic E-state index is 12.4. The Morgan fingerprint density at radius 1 is 1.33 bits per heavy atom. The third-order valence-electron chi connectivity index (χ3n) is 4.76. The van der Waals surface area contributed by atoms with Crippen molar-refractivity contribution in [3.05, 3.63) is 21.4 Å². The molecule has 1 fully saturated rings. The van der Waals surface area contributed by atoms with Gasteiger partial charge in [0.15, 0.2) is 0 Å². The van der Waals surface area contributed by atoms with Crippen molar-refractivity contribution in [1.82, 2.24) is 5.32 Å². The Morgan fingerprint density at radius 3 is 2.86 bits per heavy atom. The van der Waals surface area contributed by atoms with E-state index in [-0.39, 0.29) is 17.9 Å². The highest BCUT2D eigenvalue weighted by molar-refractivity contribution is 7.10. The molecule has 21 heavy (non-hydrogen) atoms. The molecule has 2 aliphatic carbocycles. The number of fused-ring (bicyclic) bond motifs is 1. The summed E-state index contributed by atoms with van der Waals surface area (Å²) in [6.45, 7) is 2.26. The van der Waals surface area contributed by atoms with E-state index in [9.17, 15) is 9.59 Å². The van der Waals surface area contributed by atoms with Gasteiger partial charge in [-0.3, -0.25) is 9.59 Å². The second kappa shape index (κ2) is 5.79. The SMILES string of the molecule is CC1CCc2c(C(=O)NC3CCC(C(=O)O)C3)csc2C1. The van der Waals surface area contributed by atoms with Gasteiger partial charge >= 0.3 is 5.97 Å². The molecule has 4 nitrogen and oxygen atoms in total. The zero-order valence-corrected chi connectivity index (χ0v) is 13.0. The lowest BCUT2D eigenvalue weighted by Gasteiger charge is -2.19. The minimum absolute atomic E-state index is 0.0108. The molecule has 0 aromatic carbocycles. The Morgan fingerprint density at radius 2 is 2.14 bits per heavy atom. The fraction of sp³-hybridized carbons (Fsp3) is 0.625. The fourth-order valence-corrected chi connectivity index (χ4v) is 4.71. The van der Waals surface area contributed by atoms with Crippen LogP contribution < -0.4 is 5.32 Å². The number of carbonyl (C=O) groups excluding carboxylic acids is 1. The van der Waals surface area contributed by atoms with Crippen LogP contribution in [0.15, 0.2) is 5.38 Å². The maximum atomic E-state index is 12.4. The first-order valence-electron chi connectivity index (χ1n) is 7.67. The summed E-state index contributed by atoms with van der Waals surface area (Å²) >= 11 is 1.69. The molecule has 3 rings (SSSR count). The molecule has 0 radical (unpaired) electrons. The molecule has 1 saturated carbocycles. The highest BCUT2D eigenvalue weighted by Crippen LogP contribution is 2.33. The van der Waals surface area contributed by atoms with E-state index in [1.807, 2.05) is 5.38 Å². The van der Waals surface area contributed by atoms with Crippen LogP contribution >= 0.6 is 11.3 Å². The average Bonchev–Trinajstić information content (AvgIpc) is 3.04. The number of hydrogen-bond donors (Lipinski definition) is 2. The van der Waals surface area contributed by atoms with E-state index < -0.39 is 5.97 Å². The lowest BCUT2D eigenvalue weighted by molar-refractivity contribution is -0.141. The van der Waals surface area contributed by atoms with Crippen molar-refractivity contribution >= 4 is 23.2 Å². The van der Waals surface area contributed by atoms with Crippen molar-refractivity contribution in [2.75, 3.05) is 0 Å². The molecule has 3 unspecified atom stereocenters. The lowest BCUT2D eigenvalue weighted by Crippen LogP contribution is -2.33. The van der Waals surface area contributed by atoms with Gasteiger partial charge < -0.3 is 10.4 Å². The smallest absolute Gasteiger partial charge is 0.306 e. The van der Waals surface area contributed by atoms with Crippen molar-refractivity contribution in [3.8, 4) is 0 Å². The number of aliphatic carboxylic acids is 1. The fourth-order valence-electron chi connectivity index (χ4n) is 3.47. The molecule has 1 amide bonds. The highest BCUT2D eigenvalue weighted by Gasteiger charge is 2.31. The van der Waals surface area contributed by atoms with E-state index in [0.717, 1.165) is 31.2 Å². The zero-order chi connectivity index (χ0) is 15.0. The van der Waals surface area contributed by atoms with E-state index in [4.69, 9.17) is 5.11 Å². The summed E-state index contributed by atoms with van der Waals surface area (Å²) < 4.78 is 0. The number of thiophene rings is 1. The number of carboxylic acids is 1. The molecule has 114 valence electrons. The van der Waals surface area contributed by atoms with Crippen LogP contribution in [0.4, 0.5) is 0 Å². The van der Waals surface area contributed by atoms with Crippen LogP contribution in [0.25, 0.3) is 0 Å². The number of hydrogen-bond acceptors (Lipinski definition) is 3. The summed E-state index contributed by atoms with van der Waals surface area (Å²) in [7, 11) is 0. The number of rotatable bonds is 3. The quantitative estimate of drug-likeness (QED) is 0.902. The van der Waals surface area contributed by atoms with Gasteiger partial charge in [0, 0.05) is 16.3 Å². The number of nitrogens with one attached hydrogen (secondary N) is 1. The molecule has 0 bridgehead atoms. The monoisotopic (exact) mass is 307 g/mol. The normalized spacial score (nSPS) is 28.1. The largest absolute Gasteiger partial charge is 0.481 e. The zero-order valence-electron chi connectivity index (χ0n) is 12.2. The van der Waals surface area contributed by atoms with E-state index in [1.54, 1.807) is 11.3 Å². The van der Waals surface area contributed by atoms with Crippen molar-refractivity contribution < 1.29 is 14.7 Å². The molecule has 2 N–H and O–H groups in total. The first-order chi connectivity index (χ1) is 10.0. The summed E-state index contributed by atoms with van der Waals surface area (Å²) in [5.41, 5.74) is 2.05. The van der Waals surface area contributed by atoms with Crippen molar-refractivity contribution in [3.63, 3.8) is 0 Å². The third-order valence-corrected chi connectivity index (χ3v) is 5.81. The second-order valence-electron chi connectivity index (χ2n) is 6.42. The molecule has 0 spiro atoms. The van der Waals surface area contributed by atoms with E-state index in [0.29, 0.717) is 18.8 Å².